The van der Waals surface area contributed by atoms with Crippen LogP contribution in [0.3, 0.4) is 0 Å². The van der Waals surface area contributed by atoms with Gasteiger partial charge in [0.2, 0.25) is 11.9 Å². The van der Waals surface area contributed by atoms with Crippen LogP contribution in [0, 0.1) is 6.92 Å². The largest absolute Gasteiger partial charge is 0.478 e. The molecule has 2 heterocycles. The molecule has 1 aromatic carbocycles. The predicted octanol–water partition coefficient (Wildman–Crippen LogP) is 1.48. The summed E-state index contributed by atoms with van der Waals surface area (Å²) >= 11 is 0. The summed E-state index contributed by atoms with van der Waals surface area (Å²) in [6.07, 6.45) is 0.320. The molecule has 0 saturated carbocycles. The zero-order valence-electron chi connectivity index (χ0n) is 11.1. The topological polar surface area (TPSA) is 92.9 Å². The number of carboxylic acids is 1. The molecule has 0 fully saturated rings. The standard InChI is InChI=1S/C14H12N2O5/c1-8-6-15-21-12(8)13(17)16-7-11(14(18)19)20-10-5-3-2-4-9(10)16/h2-6,11H,7H2,1H3,(H,18,19). The molecule has 0 radical (unpaired) electrons. The number of carboxylic acid groups (broad SMARTS) is 1. The summed E-state index contributed by atoms with van der Waals surface area (Å²) in [6.45, 7) is 1.61. The summed E-state index contributed by atoms with van der Waals surface area (Å²) in [4.78, 5) is 25.1. The molecule has 1 aliphatic heterocycles. The van der Waals surface area contributed by atoms with E-state index in [2.05, 4.69) is 5.16 Å². The highest BCUT2D eigenvalue weighted by Gasteiger charge is 2.35. The van der Waals surface area contributed by atoms with Gasteiger partial charge in [-0.3, -0.25) is 9.69 Å². The first-order chi connectivity index (χ1) is 10.1. The Morgan fingerprint density at radius 3 is 2.81 bits per heavy atom. The number of aryl methyl sites for hydroxylation is 1. The minimum atomic E-state index is -1.13. The molecule has 1 unspecified atom stereocenters. The molecule has 7 heteroatoms. The van der Waals surface area contributed by atoms with Crippen molar-refractivity contribution in [3.05, 3.63) is 41.8 Å². The first-order valence-electron chi connectivity index (χ1n) is 6.29. The molecule has 7 nitrogen and oxygen atoms in total. The molecule has 0 spiro atoms. The highest BCUT2D eigenvalue weighted by molar-refractivity contribution is 6.06. The van der Waals surface area contributed by atoms with E-state index >= 15 is 0 Å². The Bertz CT molecular complexity index is 709. The van der Waals surface area contributed by atoms with Crippen LogP contribution in [0.4, 0.5) is 5.69 Å². The minimum Gasteiger partial charge on any atom is -0.478 e. The first kappa shape index (κ1) is 13.2. The summed E-state index contributed by atoms with van der Waals surface area (Å²) in [5.41, 5.74) is 1.10. The van der Waals surface area contributed by atoms with Gasteiger partial charge in [0.1, 0.15) is 5.75 Å². The molecule has 108 valence electrons. The second kappa shape index (κ2) is 4.93. The normalized spacial score (nSPS) is 17.0. The monoisotopic (exact) mass is 288 g/mol. The number of fused-ring (bicyclic) bond motifs is 1. The zero-order chi connectivity index (χ0) is 15.0. The second-order valence-electron chi connectivity index (χ2n) is 4.67. The van der Waals surface area contributed by atoms with Gasteiger partial charge in [-0.1, -0.05) is 17.3 Å². The summed E-state index contributed by atoms with van der Waals surface area (Å²) in [6, 6.07) is 6.77. The smallest absolute Gasteiger partial charge is 0.346 e. The molecule has 0 bridgehead atoms. The molecular weight excluding hydrogens is 276 g/mol. The SMILES string of the molecule is Cc1cnoc1C(=O)N1CC(C(=O)O)Oc2ccccc21. The number of anilines is 1. The molecule has 2 aromatic rings. The number of aliphatic carboxylic acids is 1. The van der Waals surface area contributed by atoms with Crippen molar-refractivity contribution < 1.29 is 24.0 Å². The van der Waals surface area contributed by atoms with Crippen molar-refractivity contribution in [2.45, 2.75) is 13.0 Å². The number of para-hydroxylation sites is 2. The summed E-state index contributed by atoms with van der Waals surface area (Å²) < 4.78 is 10.3. The number of carbonyl (C=O) groups excluding carboxylic acids is 1. The van der Waals surface area contributed by atoms with Gasteiger partial charge in [0.25, 0.3) is 5.91 Å². The maximum absolute atomic E-state index is 12.6. The van der Waals surface area contributed by atoms with Gasteiger partial charge in [-0.2, -0.15) is 0 Å². The summed E-state index contributed by atoms with van der Waals surface area (Å²) in [5.74, 6) is -1.12. The molecule has 1 N–H and O–H groups in total. The number of nitrogens with zero attached hydrogens (tertiary/aromatic N) is 2. The van der Waals surface area contributed by atoms with Crippen molar-refractivity contribution >= 4 is 17.6 Å². The van der Waals surface area contributed by atoms with Crippen molar-refractivity contribution in [2.24, 2.45) is 0 Å². The Morgan fingerprint density at radius 2 is 2.14 bits per heavy atom. The van der Waals surface area contributed by atoms with Crippen LogP contribution < -0.4 is 9.64 Å². The van der Waals surface area contributed by atoms with Gasteiger partial charge in [-0.05, 0) is 19.1 Å². The minimum absolute atomic E-state index is 0.0919. The van der Waals surface area contributed by atoms with E-state index in [-0.39, 0.29) is 12.3 Å². The predicted molar refractivity (Wildman–Crippen MR) is 71.4 cm³/mol. The van der Waals surface area contributed by atoms with Gasteiger partial charge in [0.15, 0.2) is 0 Å². The lowest BCUT2D eigenvalue weighted by Crippen LogP contribution is -2.47. The van der Waals surface area contributed by atoms with Crippen LogP contribution in [0.25, 0.3) is 0 Å². The van der Waals surface area contributed by atoms with E-state index in [1.807, 2.05) is 0 Å². The van der Waals surface area contributed by atoms with E-state index < -0.39 is 18.0 Å². The van der Waals surface area contributed by atoms with Crippen molar-refractivity contribution in [2.75, 3.05) is 11.4 Å². The quantitative estimate of drug-likeness (QED) is 0.899. The number of aromatic nitrogens is 1. The van der Waals surface area contributed by atoms with Gasteiger partial charge in [0, 0.05) is 5.56 Å². The first-order valence-corrected chi connectivity index (χ1v) is 6.29. The molecule has 1 amide bonds. The van der Waals surface area contributed by atoms with Crippen molar-refractivity contribution in [3.63, 3.8) is 0 Å². The van der Waals surface area contributed by atoms with E-state index in [1.165, 1.54) is 11.1 Å². The van der Waals surface area contributed by atoms with Crippen LogP contribution >= 0.6 is 0 Å². The maximum Gasteiger partial charge on any atom is 0.346 e. The van der Waals surface area contributed by atoms with Crippen LogP contribution in [0.15, 0.2) is 35.0 Å². The Balaban J connectivity index is 2.02. The molecule has 1 atom stereocenters. The number of hydrogen-bond donors (Lipinski definition) is 1. The Kier molecular flexibility index (Phi) is 3.09. The molecule has 21 heavy (non-hydrogen) atoms. The third kappa shape index (κ3) is 2.22. The molecular formula is C14H12N2O5. The molecule has 1 aliphatic rings. The average Bonchev–Trinajstić information content (AvgIpc) is 2.91. The van der Waals surface area contributed by atoms with Crippen LogP contribution in [-0.4, -0.2) is 34.8 Å². The average molecular weight is 288 g/mol. The van der Waals surface area contributed by atoms with E-state index in [0.717, 1.165) is 0 Å². The van der Waals surface area contributed by atoms with Gasteiger partial charge in [0.05, 0.1) is 18.4 Å². The third-order valence-electron chi connectivity index (χ3n) is 3.24. The number of amides is 1. The van der Waals surface area contributed by atoms with Crippen LogP contribution in [0.1, 0.15) is 16.1 Å². The molecule has 1 aromatic heterocycles. The maximum atomic E-state index is 12.6. The molecule has 3 rings (SSSR count). The fourth-order valence-electron chi connectivity index (χ4n) is 2.17. The van der Waals surface area contributed by atoms with Crippen LogP contribution in [-0.2, 0) is 4.79 Å². The van der Waals surface area contributed by atoms with E-state index in [1.54, 1.807) is 31.2 Å². The Hall–Kier alpha value is -2.83. The van der Waals surface area contributed by atoms with Gasteiger partial charge in [-0.15, -0.1) is 0 Å². The highest BCUT2D eigenvalue weighted by atomic mass is 16.5. The number of ether oxygens (including phenoxy) is 1. The van der Waals surface area contributed by atoms with E-state index in [9.17, 15) is 9.59 Å². The lowest BCUT2D eigenvalue weighted by atomic mass is 10.1. The van der Waals surface area contributed by atoms with Crippen LogP contribution in [0.2, 0.25) is 0 Å². The van der Waals surface area contributed by atoms with E-state index in [4.69, 9.17) is 14.4 Å². The highest BCUT2D eigenvalue weighted by Crippen LogP contribution is 2.34. The number of carbonyl (C=O) groups is 2. The summed E-state index contributed by atoms with van der Waals surface area (Å²) in [7, 11) is 0. The lowest BCUT2D eigenvalue weighted by molar-refractivity contribution is -0.144. The lowest BCUT2D eigenvalue weighted by Gasteiger charge is -2.32. The fraction of sp³-hybridized carbons (Fsp3) is 0.214. The van der Waals surface area contributed by atoms with Gasteiger partial charge in [-0.25, -0.2) is 4.79 Å². The van der Waals surface area contributed by atoms with Crippen molar-refractivity contribution in [1.82, 2.24) is 5.16 Å². The van der Waals surface area contributed by atoms with Crippen molar-refractivity contribution in [1.29, 1.82) is 0 Å². The number of hydrogen-bond acceptors (Lipinski definition) is 5. The van der Waals surface area contributed by atoms with Crippen molar-refractivity contribution in [3.8, 4) is 5.75 Å². The zero-order valence-corrected chi connectivity index (χ0v) is 11.1. The van der Waals surface area contributed by atoms with E-state index in [0.29, 0.717) is 17.0 Å². The van der Waals surface area contributed by atoms with Crippen LogP contribution in [0.5, 0.6) is 5.75 Å². The third-order valence-corrected chi connectivity index (χ3v) is 3.24. The van der Waals surface area contributed by atoms with Gasteiger partial charge < -0.3 is 14.4 Å². The van der Waals surface area contributed by atoms with Gasteiger partial charge >= 0.3 is 5.97 Å². The number of rotatable bonds is 2. The number of benzene rings is 1. The Labute approximate surface area is 119 Å². The molecule has 0 saturated heterocycles. The summed E-state index contributed by atoms with van der Waals surface area (Å²) in [5, 5.41) is 12.7. The Morgan fingerprint density at radius 1 is 1.38 bits per heavy atom. The second-order valence-corrected chi connectivity index (χ2v) is 4.67. The fourth-order valence-corrected chi connectivity index (χ4v) is 2.17. The molecule has 0 aliphatic carbocycles.